The molecule has 0 spiro atoms. The van der Waals surface area contributed by atoms with Crippen molar-refractivity contribution in [2.24, 2.45) is 11.7 Å². The number of likely N-dealkylation sites (tertiary alicyclic amines) is 1. The van der Waals surface area contributed by atoms with E-state index in [0.717, 1.165) is 6.42 Å². The Morgan fingerprint density at radius 3 is 2.26 bits per heavy atom. The molecular formula is C14H27N3O2. The highest BCUT2D eigenvalue weighted by Gasteiger charge is 2.34. The summed E-state index contributed by atoms with van der Waals surface area (Å²) in [5, 5.41) is 0. The predicted molar refractivity (Wildman–Crippen MR) is 75.5 cm³/mol. The lowest BCUT2D eigenvalue weighted by Crippen LogP contribution is -2.48. The summed E-state index contributed by atoms with van der Waals surface area (Å²) in [6, 6.07) is -0.152. The highest BCUT2D eigenvalue weighted by atomic mass is 16.2. The predicted octanol–water partition coefficient (Wildman–Crippen LogP) is 0.828. The summed E-state index contributed by atoms with van der Waals surface area (Å²) in [6.07, 6.45) is 0.842. The van der Waals surface area contributed by atoms with E-state index in [9.17, 15) is 9.59 Å². The van der Waals surface area contributed by atoms with Crippen LogP contribution in [0.15, 0.2) is 0 Å². The Morgan fingerprint density at radius 1 is 1.26 bits per heavy atom. The Bertz CT molecular complexity index is 342. The van der Waals surface area contributed by atoms with Crippen LogP contribution < -0.4 is 5.73 Å². The van der Waals surface area contributed by atoms with Crippen molar-refractivity contribution in [3.05, 3.63) is 0 Å². The van der Waals surface area contributed by atoms with Gasteiger partial charge in [-0.15, -0.1) is 0 Å². The minimum atomic E-state index is -0.441. The van der Waals surface area contributed by atoms with Crippen molar-refractivity contribution < 1.29 is 9.59 Å². The van der Waals surface area contributed by atoms with E-state index in [1.165, 1.54) is 0 Å². The van der Waals surface area contributed by atoms with Gasteiger partial charge in [0, 0.05) is 26.1 Å². The molecule has 0 aromatic rings. The molecule has 2 N–H and O–H groups in total. The van der Waals surface area contributed by atoms with Crippen molar-refractivity contribution in [3.63, 3.8) is 0 Å². The zero-order chi connectivity index (χ0) is 14.7. The molecule has 0 aliphatic carbocycles. The molecule has 1 saturated heterocycles. The van der Waals surface area contributed by atoms with Crippen molar-refractivity contribution in [3.8, 4) is 0 Å². The molecule has 0 radical (unpaired) electrons. The lowest BCUT2D eigenvalue weighted by atomic mass is 10.0. The third kappa shape index (κ3) is 3.69. The van der Waals surface area contributed by atoms with E-state index in [0.29, 0.717) is 13.1 Å². The fourth-order valence-electron chi connectivity index (χ4n) is 2.71. The minimum Gasteiger partial charge on any atom is -0.339 e. The van der Waals surface area contributed by atoms with Crippen LogP contribution in [-0.4, -0.2) is 52.8 Å². The number of hydrogen-bond donors (Lipinski definition) is 1. The summed E-state index contributed by atoms with van der Waals surface area (Å²) < 4.78 is 0. The van der Waals surface area contributed by atoms with Gasteiger partial charge in [-0.3, -0.25) is 9.59 Å². The van der Waals surface area contributed by atoms with E-state index in [1.807, 2.05) is 32.6 Å². The monoisotopic (exact) mass is 269 g/mol. The molecule has 0 unspecified atom stereocenters. The Kier molecular flexibility index (Phi) is 5.35. The first-order valence-corrected chi connectivity index (χ1v) is 7.09. The number of nitrogens with two attached hydrogens (primary N) is 1. The molecule has 5 heteroatoms. The highest BCUT2D eigenvalue weighted by Crippen LogP contribution is 2.19. The molecule has 1 rings (SSSR count). The molecule has 2 atom stereocenters. The van der Waals surface area contributed by atoms with Crippen LogP contribution in [0.2, 0.25) is 0 Å². The summed E-state index contributed by atoms with van der Waals surface area (Å²) in [5.74, 6) is 0.216. The number of carbonyl (C=O) groups excluding carboxylic acids is 2. The fraction of sp³-hybridized carbons (Fsp3) is 0.857. The van der Waals surface area contributed by atoms with Crippen molar-refractivity contribution >= 4 is 11.8 Å². The molecule has 5 nitrogen and oxygen atoms in total. The van der Waals surface area contributed by atoms with Gasteiger partial charge in [0.05, 0.1) is 12.1 Å². The number of hydrogen-bond acceptors (Lipinski definition) is 3. The number of carbonyl (C=O) groups is 2. The van der Waals surface area contributed by atoms with Gasteiger partial charge in [0.2, 0.25) is 11.8 Å². The molecule has 1 aliphatic heterocycles. The van der Waals surface area contributed by atoms with Gasteiger partial charge in [0.15, 0.2) is 0 Å². The molecule has 0 aromatic carbocycles. The first-order valence-electron chi connectivity index (χ1n) is 7.09. The van der Waals surface area contributed by atoms with Gasteiger partial charge in [0.25, 0.3) is 0 Å². The van der Waals surface area contributed by atoms with Crippen LogP contribution in [0.5, 0.6) is 0 Å². The molecule has 0 saturated carbocycles. The maximum Gasteiger partial charge on any atom is 0.239 e. The Balaban J connectivity index is 2.67. The molecule has 2 amide bonds. The second-order valence-electron chi connectivity index (χ2n) is 6.02. The van der Waals surface area contributed by atoms with Gasteiger partial charge in [0.1, 0.15) is 0 Å². The summed E-state index contributed by atoms with van der Waals surface area (Å²) in [4.78, 5) is 27.5. The first kappa shape index (κ1) is 16.0. The van der Waals surface area contributed by atoms with E-state index in [1.54, 1.807) is 11.8 Å². The number of rotatable bonds is 4. The first-order chi connectivity index (χ1) is 8.75. The number of amides is 2. The quantitative estimate of drug-likeness (QED) is 0.822. The number of nitrogens with zero attached hydrogens (tertiary/aromatic N) is 2. The van der Waals surface area contributed by atoms with Crippen LogP contribution in [0.3, 0.4) is 0 Å². The van der Waals surface area contributed by atoms with Gasteiger partial charge in [-0.05, 0) is 26.2 Å². The molecule has 1 aliphatic rings. The molecule has 19 heavy (non-hydrogen) atoms. The molecular weight excluding hydrogens is 242 g/mol. The second-order valence-corrected chi connectivity index (χ2v) is 6.02. The lowest BCUT2D eigenvalue weighted by Gasteiger charge is -2.32. The summed E-state index contributed by atoms with van der Waals surface area (Å²) in [7, 11) is 0. The van der Waals surface area contributed by atoms with Crippen LogP contribution >= 0.6 is 0 Å². The van der Waals surface area contributed by atoms with Crippen LogP contribution in [0.4, 0.5) is 0 Å². The van der Waals surface area contributed by atoms with E-state index in [-0.39, 0.29) is 29.8 Å². The average molecular weight is 269 g/mol. The van der Waals surface area contributed by atoms with Gasteiger partial charge in [-0.25, -0.2) is 0 Å². The second kappa shape index (κ2) is 6.37. The van der Waals surface area contributed by atoms with E-state index in [4.69, 9.17) is 5.73 Å². The highest BCUT2D eigenvalue weighted by molar-refractivity contribution is 5.82. The topological polar surface area (TPSA) is 66.6 Å². The molecule has 1 fully saturated rings. The van der Waals surface area contributed by atoms with Crippen LogP contribution in [-0.2, 0) is 9.59 Å². The molecule has 110 valence electrons. The minimum absolute atomic E-state index is 0.00441. The van der Waals surface area contributed by atoms with E-state index < -0.39 is 6.04 Å². The van der Waals surface area contributed by atoms with Crippen LogP contribution in [0, 0.1) is 5.92 Å². The summed E-state index contributed by atoms with van der Waals surface area (Å²) in [5.41, 5.74) is 5.91. The van der Waals surface area contributed by atoms with Crippen molar-refractivity contribution in [1.82, 2.24) is 9.80 Å². The van der Waals surface area contributed by atoms with Gasteiger partial charge < -0.3 is 15.5 Å². The van der Waals surface area contributed by atoms with Crippen LogP contribution in [0.25, 0.3) is 0 Å². The smallest absolute Gasteiger partial charge is 0.239 e. The fourth-order valence-corrected chi connectivity index (χ4v) is 2.71. The Hall–Kier alpha value is -1.10. The third-order valence-corrected chi connectivity index (χ3v) is 3.79. The average Bonchev–Trinajstić information content (AvgIpc) is 2.75. The van der Waals surface area contributed by atoms with Crippen LogP contribution in [0.1, 0.15) is 41.0 Å². The van der Waals surface area contributed by atoms with E-state index in [2.05, 4.69) is 0 Å². The third-order valence-electron chi connectivity index (χ3n) is 3.79. The maximum atomic E-state index is 12.2. The zero-order valence-electron chi connectivity index (χ0n) is 12.7. The van der Waals surface area contributed by atoms with Crippen molar-refractivity contribution in [1.29, 1.82) is 0 Å². The molecule has 0 bridgehead atoms. The summed E-state index contributed by atoms with van der Waals surface area (Å²) >= 11 is 0. The van der Waals surface area contributed by atoms with Gasteiger partial charge in [-0.1, -0.05) is 13.8 Å². The SMILES string of the molecule is CC(=O)N(C(C)C)[C@@H]1CCN(C(=O)[C@@H](N)C(C)C)C1. The normalized spacial score (nSPS) is 21.1. The standard InChI is InChI=1S/C14H27N3O2/c1-9(2)13(15)14(19)16-7-6-12(8-16)17(10(3)4)11(5)18/h9-10,12-13H,6-8,15H2,1-5H3/t12-,13+/m1/s1. The lowest BCUT2D eigenvalue weighted by molar-refractivity contribution is -0.136. The largest absolute Gasteiger partial charge is 0.339 e. The summed E-state index contributed by atoms with van der Waals surface area (Å²) in [6.45, 7) is 10.8. The Morgan fingerprint density at radius 2 is 1.84 bits per heavy atom. The molecule has 0 aromatic heterocycles. The van der Waals surface area contributed by atoms with E-state index >= 15 is 0 Å². The maximum absolute atomic E-state index is 12.2. The van der Waals surface area contributed by atoms with Crippen molar-refractivity contribution in [2.45, 2.75) is 59.2 Å². The Labute approximate surface area is 116 Å². The zero-order valence-corrected chi connectivity index (χ0v) is 12.7. The van der Waals surface area contributed by atoms with Crippen molar-refractivity contribution in [2.75, 3.05) is 13.1 Å². The molecule has 1 heterocycles. The van der Waals surface area contributed by atoms with Gasteiger partial charge in [-0.2, -0.15) is 0 Å². The van der Waals surface area contributed by atoms with Gasteiger partial charge >= 0.3 is 0 Å².